The standard InChI is InChI=1S/C23H41N5O/c1-19(2)18-29-22-10-8-21(9-11-22)20(3)26-23(24-4)25-12-6-7-13-28-16-14-27(5)15-17-28/h8-11,19-20H,6-7,12-18H2,1-5H3,(H2,24,25,26). The topological polar surface area (TPSA) is 52.1 Å². The first-order valence-electron chi connectivity index (χ1n) is 11.1. The van der Waals surface area contributed by atoms with Gasteiger partial charge in [0, 0.05) is 39.8 Å². The lowest BCUT2D eigenvalue weighted by atomic mass is 10.1. The van der Waals surface area contributed by atoms with Crippen molar-refractivity contribution >= 4 is 5.96 Å². The van der Waals surface area contributed by atoms with E-state index in [0.29, 0.717) is 5.92 Å². The molecule has 1 heterocycles. The van der Waals surface area contributed by atoms with Crippen LogP contribution in [0, 0.1) is 5.92 Å². The Hall–Kier alpha value is -1.79. The van der Waals surface area contributed by atoms with Gasteiger partial charge in [-0.3, -0.25) is 4.99 Å². The van der Waals surface area contributed by atoms with Crippen LogP contribution in [0.1, 0.15) is 45.2 Å². The van der Waals surface area contributed by atoms with Gasteiger partial charge in [-0.25, -0.2) is 0 Å². The summed E-state index contributed by atoms with van der Waals surface area (Å²) in [5, 5.41) is 6.93. The van der Waals surface area contributed by atoms with E-state index in [1.165, 1.54) is 44.7 Å². The second kappa shape index (κ2) is 12.7. The van der Waals surface area contributed by atoms with Crippen LogP contribution in [-0.4, -0.2) is 75.7 Å². The highest BCUT2D eigenvalue weighted by atomic mass is 16.5. The third-order valence-corrected chi connectivity index (χ3v) is 5.33. The molecule has 164 valence electrons. The molecule has 6 nitrogen and oxygen atoms in total. The van der Waals surface area contributed by atoms with Crippen LogP contribution in [0.5, 0.6) is 5.75 Å². The molecule has 1 unspecified atom stereocenters. The van der Waals surface area contributed by atoms with E-state index in [1.54, 1.807) is 0 Å². The fourth-order valence-corrected chi connectivity index (χ4v) is 3.34. The van der Waals surface area contributed by atoms with Crippen LogP contribution in [0.3, 0.4) is 0 Å². The maximum Gasteiger partial charge on any atom is 0.191 e. The second-order valence-corrected chi connectivity index (χ2v) is 8.49. The number of benzene rings is 1. The van der Waals surface area contributed by atoms with E-state index in [1.807, 2.05) is 19.2 Å². The number of unbranched alkanes of at least 4 members (excludes halogenated alkanes) is 1. The summed E-state index contributed by atoms with van der Waals surface area (Å²) in [6.45, 7) is 14.2. The third kappa shape index (κ3) is 9.05. The molecule has 2 N–H and O–H groups in total. The molecule has 0 radical (unpaired) electrons. The highest BCUT2D eigenvalue weighted by Gasteiger charge is 2.13. The highest BCUT2D eigenvalue weighted by Crippen LogP contribution is 2.18. The second-order valence-electron chi connectivity index (χ2n) is 8.49. The molecule has 0 saturated carbocycles. The van der Waals surface area contributed by atoms with Gasteiger partial charge < -0.3 is 25.2 Å². The van der Waals surface area contributed by atoms with Crippen LogP contribution >= 0.6 is 0 Å². The number of ether oxygens (including phenoxy) is 1. The van der Waals surface area contributed by atoms with Gasteiger partial charge in [-0.15, -0.1) is 0 Å². The summed E-state index contributed by atoms with van der Waals surface area (Å²) in [7, 11) is 4.03. The fraction of sp³-hybridized carbons (Fsp3) is 0.696. The minimum Gasteiger partial charge on any atom is -0.493 e. The molecule has 2 rings (SSSR count). The highest BCUT2D eigenvalue weighted by molar-refractivity contribution is 5.80. The summed E-state index contributed by atoms with van der Waals surface area (Å²) in [6, 6.07) is 8.52. The quantitative estimate of drug-likeness (QED) is 0.357. The van der Waals surface area contributed by atoms with E-state index in [0.717, 1.165) is 31.3 Å². The van der Waals surface area contributed by atoms with Crippen molar-refractivity contribution in [3.8, 4) is 5.75 Å². The van der Waals surface area contributed by atoms with E-state index < -0.39 is 0 Å². The Kier molecular flexibility index (Phi) is 10.3. The molecular weight excluding hydrogens is 362 g/mol. The monoisotopic (exact) mass is 403 g/mol. The van der Waals surface area contributed by atoms with E-state index >= 15 is 0 Å². The van der Waals surface area contributed by atoms with Gasteiger partial charge in [-0.05, 0) is 57.0 Å². The molecule has 0 aromatic heterocycles. The number of hydrogen-bond acceptors (Lipinski definition) is 4. The molecule has 1 aromatic rings. The molecule has 0 aliphatic carbocycles. The van der Waals surface area contributed by atoms with Gasteiger partial charge in [0.25, 0.3) is 0 Å². The zero-order valence-electron chi connectivity index (χ0n) is 19.1. The van der Waals surface area contributed by atoms with Crippen LogP contribution in [0.25, 0.3) is 0 Å². The Bertz CT molecular complexity index is 594. The molecular formula is C23H41N5O. The largest absolute Gasteiger partial charge is 0.493 e. The first-order valence-corrected chi connectivity index (χ1v) is 11.1. The van der Waals surface area contributed by atoms with Gasteiger partial charge in [-0.2, -0.15) is 0 Å². The van der Waals surface area contributed by atoms with Gasteiger partial charge in [0.1, 0.15) is 5.75 Å². The summed E-state index contributed by atoms with van der Waals surface area (Å²) < 4.78 is 5.77. The Morgan fingerprint density at radius 1 is 1.07 bits per heavy atom. The van der Waals surface area contributed by atoms with Gasteiger partial charge in [0.05, 0.1) is 12.6 Å². The number of piperazine rings is 1. The molecule has 29 heavy (non-hydrogen) atoms. The van der Waals surface area contributed by atoms with Gasteiger partial charge in [0.2, 0.25) is 0 Å². The predicted octanol–water partition coefficient (Wildman–Crippen LogP) is 2.98. The van der Waals surface area contributed by atoms with Crippen LogP contribution in [0.15, 0.2) is 29.3 Å². The predicted molar refractivity (Wildman–Crippen MR) is 123 cm³/mol. The fourth-order valence-electron chi connectivity index (χ4n) is 3.34. The van der Waals surface area contributed by atoms with Crippen molar-refractivity contribution in [2.75, 3.05) is 60.0 Å². The number of nitrogens with zero attached hydrogens (tertiary/aromatic N) is 3. The number of aliphatic imine (C=N–C) groups is 1. The third-order valence-electron chi connectivity index (χ3n) is 5.33. The van der Waals surface area contributed by atoms with E-state index in [2.05, 4.69) is 65.4 Å². The number of guanidine groups is 1. The lowest BCUT2D eigenvalue weighted by Crippen LogP contribution is -2.44. The molecule has 0 amide bonds. The van der Waals surface area contributed by atoms with Crippen LogP contribution in [0.2, 0.25) is 0 Å². The Labute approximate surface area is 177 Å². The molecule has 1 aliphatic heterocycles. The average molecular weight is 404 g/mol. The first kappa shape index (κ1) is 23.5. The minimum atomic E-state index is 0.186. The van der Waals surface area contributed by atoms with Crippen LogP contribution < -0.4 is 15.4 Å². The normalized spacial score (nSPS) is 17.4. The number of nitrogens with one attached hydrogen (secondary N) is 2. The number of hydrogen-bond donors (Lipinski definition) is 2. The van der Waals surface area contributed by atoms with Crippen molar-refractivity contribution in [2.24, 2.45) is 10.9 Å². The summed E-state index contributed by atoms with van der Waals surface area (Å²) in [6.07, 6.45) is 2.38. The van der Waals surface area contributed by atoms with Crippen molar-refractivity contribution in [2.45, 2.75) is 39.7 Å². The summed E-state index contributed by atoms with van der Waals surface area (Å²) in [5.74, 6) is 2.32. The van der Waals surface area contributed by atoms with E-state index in [-0.39, 0.29) is 6.04 Å². The molecule has 1 saturated heterocycles. The molecule has 1 aromatic carbocycles. The van der Waals surface area contributed by atoms with E-state index in [9.17, 15) is 0 Å². The minimum absolute atomic E-state index is 0.186. The van der Waals surface area contributed by atoms with Gasteiger partial charge in [-0.1, -0.05) is 26.0 Å². The van der Waals surface area contributed by atoms with Gasteiger partial charge in [0.15, 0.2) is 5.96 Å². The maximum absolute atomic E-state index is 5.77. The first-order chi connectivity index (χ1) is 14.0. The van der Waals surface area contributed by atoms with E-state index in [4.69, 9.17) is 4.74 Å². The van der Waals surface area contributed by atoms with Crippen molar-refractivity contribution < 1.29 is 4.74 Å². The number of rotatable bonds is 10. The van der Waals surface area contributed by atoms with Crippen molar-refractivity contribution in [3.05, 3.63) is 29.8 Å². The van der Waals surface area contributed by atoms with Crippen LogP contribution in [-0.2, 0) is 0 Å². The van der Waals surface area contributed by atoms with Crippen molar-refractivity contribution in [1.29, 1.82) is 0 Å². The van der Waals surface area contributed by atoms with Crippen molar-refractivity contribution in [1.82, 2.24) is 20.4 Å². The smallest absolute Gasteiger partial charge is 0.191 e. The number of likely N-dealkylation sites (N-methyl/N-ethyl adjacent to an activating group) is 1. The molecule has 0 spiro atoms. The SMILES string of the molecule is CN=C(NCCCCN1CCN(C)CC1)NC(C)c1ccc(OCC(C)C)cc1. The summed E-state index contributed by atoms with van der Waals surface area (Å²) in [4.78, 5) is 9.35. The molecule has 0 bridgehead atoms. The van der Waals surface area contributed by atoms with Crippen LogP contribution in [0.4, 0.5) is 0 Å². The summed E-state index contributed by atoms with van der Waals surface area (Å²) >= 11 is 0. The lowest BCUT2D eigenvalue weighted by Gasteiger charge is -2.32. The zero-order chi connectivity index (χ0) is 21.1. The van der Waals surface area contributed by atoms with Crippen molar-refractivity contribution in [3.63, 3.8) is 0 Å². The molecule has 1 atom stereocenters. The Morgan fingerprint density at radius 2 is 1.76 bits per heavy atom. The molecule has 6 heteroatoms. The Balaban J connectivity index is 1.65. The average Bonchev–Trinajstić information content (AvgIpc) is 2.72. The Morgan fingerprint density at radius 3 is 2.38 bits per heavy atom. The molecule has 1 aliphatic rings. The maximum atomic E-state index is 5.77. The summed E-state index contributed by atoms with van der Waals surface area (Å²) in [5.41, 5.74) is 1.22. The molecule has 1 fully saturated rings. The lowest BCUT2D eigenvalue weighted by molar-refractivity contribution is 0.152. The zero-order valence-corrected chi connectivity index (χ0v) is 19.1. The van der Waals surface area contributed by atoms with Gasteiger partial charge >= 0.3 is 0 Å².